The molecule has 6 nitrogen and oxygen atoms in total. The summed E-state index contributed by atoms with van der Waals surface area (Å²) in [5.41, 5.74) is 2.60. The molecule has 1 fully saturated rings. The predicted octanol–water partition coefficient (Wildman–Crippen LogP) is 3.86. The highest BCUT2D eigenvalue weighted by molar-refractivity contribution is 7.89. The summed E-state index contributed by atoms with van der Waals surface area (Å²) in [6.45, 7) is 3.33. The summed E-state index contributed by atoms with van der Waals surface area (Å²) in [5.74, 6) is -0.183. The molecule has 0 saturated carbocycles. The molecule has 1 saturated heterocycles. The minimum absolute atomic E-state index is 0.0595. The lowest BCUT2D eigenvalue weighted by molar-refractivity contribution is -0.114. The summed E-state index contributed by atoms with van der Waals surface area (Å²) < 4.78 is 27.2. The van der Waals surface area contributed by atoms with Gasteiger partial charge in [-0.25, -0.2) is 8.42 Å². The van der Waals surface area contributed by atoms with Crippen LogP contribution in [0.15, 0.2) is 53.4 Å². The lowest BCUT2D eigenvalue weighted by Gasteiger charge is -2.26. The van der Waals surface area contributed by atoms with Crippen molar-refractivity contribution in [2.75, 3.05) is 30.3 Å². The van der Waals surface area contributed by atoms with Crippen LogP contribution in [-0.4, -0.2) is 38.3 Å². The van der Waals surface area contributed by atoms with Gasteiger partial charge < -0.3 is 10.6 Å². The van der Waals surface area contributed by atoms with Crippen LogP contribution in [0.25, 0.3) is 0 Å². The van der Waals surface area contributed by atoms with Gasteiger partial charge in [0.05, 0.1) is 11.4 Å². The SMILES string of the molecule is CCCc1ccc(NC(=O)CNc2cccc(S(=O)(=O)N3CCCCC3)c2)cc1. The van der Waals surface area contributed by atoms with E-state index in [0.717, 1.165) is 37.8 Å². The Morgan fingerprint density at radius 2 is 1.72 bits per heavy atom. The van der Waals surface area contributed by atoms with Crippen molar-refractivity contribution in [3.05, 3.63) is 54.1 Å². The van der Waals surface area contributed by atoms with Gasteiger partial charge in [-0.3, -0.25) is 4.79 Å². The highest BCUT2D eigenvalue weighted by atomic mass is 32.2. The molecule has 1 heterocycles. The van der Waals surface area contributed by atoms with Gasteiger partial charge in [0, 0.05) is 24.5 Å². The molecule has 0 spiro atoms. The zero-order valence-corrected chi connectivity index (χ0v) is 17.7. The molecule has 0 bridgehead atoms. The fourth-order valence-corrected chi connectivity index (χ4v) is 5.02. The Labute approximate surface area is 173 Å². The van der Waals surface area contributed by atoms with Crippen molar-refractivity contribution in [3.63, 3.8) is 0 Å². The van der Waals surface area contributed by atoms with Gasteiger partial charge in [0.1, 0.15) is 0 Å². The molecule has 29 heavy (non-hydrogen) atoms. The third kappa shape index (κ3) is 5.81. The van der Waals surface area contributed by atoms with Gasteiger partial charge >= 0.3 is 0 Å². The van der Waals surface area contributed by atoms with Gasteiger partial charge in [-0.15, -0.1) is 0 Å². The zero-order chi connectivity index (χ0) is 20.7. The van der Waals surface area contributed by atoms with Crippen molar-refractivity contribution in [2.45, 2.75) is 43.9 Å². The first-order valence-corrected chi connectivity index (χ1v) is 11.7. The quantitative estimate of drug-likeness (QED) is 0.686. The van der Waals surface area contributed by atoms with Gasteiger partial charge in [0.2, 0.25) is 15.9 Å². The first-order chi connectivity index (χ1) is 14.0. The van der Waals surface area contributed by atoms with Crippen LogP contribution in [0.5, 0.6) is 0 Å². The van der Waals surface area contributed by atoms with Crippen molar-refractivity contribution in [3.8, 4) is 0 Å². The lowest BCUT2D eigenvalue weighted by atomic mass is 10.1. The van der Waals surface area contributed by atoms with E-state index in [9.17, 15) is 13.2 Å². The number of anilines is 2. The molecule has 2 N–H and O–H groups in total. The monoisotopic (exact) mass is 415 g/mol. The normalized spacial score (nSPS) is 15.1. The number of aryl methyl sites for hydroxylation is 1. The average Bonchev–Trinajstić information content (AvgIpc) is 2.75. The minimum Gasteiger partial charge on any atom is -0.376 e. The van der Waals surface area contributed by atoms with Crippen LogP contribution in [0.3, 0.4) is 0 Å². The molecule has 0 aromatic heterocycles. The molecule has 1 aliphatic rings. The van der Waals surface area contributed by atoms with E-state index in [-0.39, 0.29) is 17.3 Å². The van der Waals surface area contributed by atoms with Crippen LogP contribution in [0.1, 0.15) is 38.2 Å². The maximum atomic E-state index is 12.8. The number of nitrogens with zero attached hydrogens (tertiary/aromatic N) is 1. The Morgan fingerprint density at radius 1 is 1.00 bits per heavy atom. The van der Waals surface area contributed by atoms with Gasteiger partial charge in [-0.1, -0.05) is 38.0 Å². The van der Waals surface area contributed by atoms with Gasteiger partial charge in [0.15, 0.2) is 0 Å². The Bertz CT molecular complexity index is 921. The van der Waals surface area contributed by atoms with Crippen molar-refractivity contribution in [2.24, 2.45) is 0 Å². The van der Waals surface area contributed by atoms with Crippen LogP contribution >= 0.6 is 0 Å². The fourth-order valence-electron chi connectivity index (χ4n) is 3.45. The van der Waals surface area contributed by atoms with Gasteiger partial charge in [0.25, 0.3) is 0 Å². The summed E-state index contributed by atoms with van der Waals surface area (Å²) >= 11 is 0. The van der Waals surface area contributed by atoms with Crippen LogP contribution in [0.2, 0.25) is 0 Å². The molecule has 3 rings (SSSR count). The highest BCUT2D eigenvalue weighted by Gasteiger charge is 2.25. The number of piperidine rings is 1. The molecule has 2 aromatic rings. The van der Waals surface area contributed by atoms with E-state index in [1.807, 2.05) is 24.3 Å². The van der Waals surface area contributed by atoms with Crippen LogP contribution < -0.4 is 10.6 Å². The van der Waals surface area contributed by atoms with E-state index in [0.29, 0.717) is 18.8 Å². The van der Waals surface area contributed by atoms with E-state index in [2.05, 4.69) is 17.6 Å². The topological polar surface area (TPSA) is 78.5 Å². The Kier molecular flexibility index (Phi) is 7.28. The number of carbonyl (C=O) groups excluding carboxylic acids is 1. The highest BCUT2D eigenvalue weighted by Crippen LogP contribution is 2.22. The number of benzene rings is 2. The van der Waals surface area contributed by atoms with Crippen LogP contribution in [0.4, 0.5) is 11.4 Å². The maximum Gasteiger partial charge on any atom is 0.243 e. The Morgan fingerprint density at radius 3 is 2.41 bits per heavy atom. The number of nitrogens with one attached hydrogen (secondary N) is 2. The molecule has 2 aromatic carbocycles. The predicted molar refractivity (Wildman–Crippen MR) is 117 cm³/mol. The lowest BCUT2D eigenvalue weighted by Crippen LogP contribution is -2.35. The summed E-state index contributed by atoms with van der Waals surface area (Å²) in [4.78, 5) is 12.5. The molecule has 0 radical (unpaired) electrons. The van der Waals surface area contributed by atoms with E-state index in [4.69, 9.17) is 0 Å². The maximum absolute atomic E-state index is 12.8. The summed E-state index contributed by atoms with van der Waals surface area (Å²) in [7, 11) is -3.49. The molecule has 0 unspecified atom stereocenters. The Balaban J connectivity index is 1.58. The third-order valence-corrected chi connectivity index (χ3v) is 6.91. The Hall–Kier alpha value is -2.38. The number of amides is 1. The smallest absolute Gasteiger partial charge is 0.243 e. The molecule has 156 valence electrons. The first kappa shape index (κ1) is 21.3. The van der Waals surface area contributed by atoms with E-state index < -0.39 is 10.0 Å². The number of sulfonamides is 1. The van der Waals surface area contributed by atoms with Crippen LogP contribution in [-0.2, 0) is 21.2 Å². The molecule has 0 aliphatic carbocycles. The number of carbonyl (C=O) groups is 1. The van der Waals surface area contributed by atoms with E-state index in [1.165, 1.54) is 5.56 Å². The summed E-state index contributed by atoms with van der Waals surface area (Å²) in [6, 6.07) is 14.5. The second-order valence-corrected chi connectivity index (χ2v) is 9.28. The number of hydrogen-bond acceptors (Lipinski definition) is 4. The van der Waals surface area contributed by atoms with Crippen molar-refractivity contribution < 1.29 is 13.2 Å². The van der Waals surface area contributed by atoms with Crippen molar-refractivity contribution in [1.29, 1.82) is 0 Å². The van der Waals surface area contributed by atoms with Crippen molar-refractivity contribution in [1.82, 2.24) is 4.31 Å². The first-order valence-electron chi connectivity index (χ1n) is 10.2. The molecular formula is C22H29N3O3S. The second-order valence-electron chi connectivity index (χ2n) is 7.34. The largest absolute Gasteiger partial charge is 0.376 e. The van der Waals surface area contributed by atoms with Crippen LogP contribution in [0, 0.1) is 0 Å². The minimum atomic E-state index is -3.49. The molecule has 1 aliphatic heterocycles. The fraction of sp³-hybridized carbons (Fsp3) is 0.409. The summed E-state index contributed by atoms with van der Waals surface area (Å²) in [5, 5.41) is 5.87. The molecule has 7 heteroatoms. The molecular weight excluding hydrogens is 386 g/mol. The van der Waals surface area contributed by atoms with Gasteiger partial charge in [-0.2, -0.15) is 4.31 Å². The summed E-state index contributed by atoms with van der Waals surface area (Å²) in [6.07, 6.45) is 4.98. The van der Waals surface area contributed by atoms with E-state index >= 15 is 0 Å². The van der Waals surface area contributed by atoms with Crippen molar-refractivity contribution >= 4 is 27.3 Å². The third-order valence-electron chi connectivity index (χ3n) is 5.02. The second kappa shape index (κ2) is 9.89. The van der Waals surface area contributed by atoms with Gasteiger partial charge in [-0.05, 0) is 55.2 Å². The number of hydrogen-bond donors (Lipinski definition) is 2. The molecule has 1 amide bonds. The zero-order valence-electron chi connectivity index (χ0n) is 16.9. The molecule has 0 atom stereocenters. The number of rotatable bonds is 8. The standard InChI is InChI=1S/C22H29N3O3S/c1-2-7-18-10-12-19(13-11-18)24-22(26)17-23-20-8-6-9-21(16-20)29(27,28)25-14-4-3-5-15-25/h6,8-13,16,23H,2-5,7,14-15,17H2,1H3,(H,24,26). The average molecular weight is 416 g/mol. The van der Waals surface area contributed by atoms with E-state index in [1.54, 1.807) is 28.6 Å².